The second-order valence-corrected chi connectivity index (χ2v) is 8.20. The van der Waals surface area contributed by atoms with Gasteiger partial charge in [0.2, 0.25) is 17.6 Å². The second kappa shape index (κ2) is 11.2. The van der Waals surface area contributed by atoms with Crippen LogP contribution in [-0.4, -0.2) is 28.1 Å². The maximum Gasteiger partial charge on any atom is 0.226 e. The van der Waals surface area contributed by atoms with E-state index in [1.54, 1.807) is 30.8 Å². The van der Waals surface area contributed by atoms with Crippen LogP contribution in [0.2, 0.25) is 0 Å². The molecule has 3 aromatic heterocycles. The fourth-order valence-corrected chi connectivity index (χ4v) is 3.78. The van der Waals surface area contributed by atoms with Crippen molar-refractivity contribution in [2.24, 2.45) is 0 Å². The number of rotatable bonds is 11. The quantitative estimate of drug-likeness (QED) is 0.351. The van der Waals surface area contributed by atoms with Gasteiger partial charge in [0.1, 0.15) is 6.61 Å². The van der Waals surface area contributed by atoms with E-state index in [9.17, 15) is 4.79 Å². The molecular formula is C24H24N4O4S. The van der Waals surface area contributed by atoms with Gasteiger partial charge in [0.15, 0.2) is 11.5 Å². The summed E-state index contributed by atoms with van der Waals surface area (Å²) in [6, 6.07) is 13.3. The number of nitrogens with zero attached hydrogens (tertiary/aromatic N) is 3. The van der Waals surface area contributed by atoms with E-state index in [1.165, 1.54) is 0 Å². The summed E-state index contributed by atoms with van der Waals surface area (Å²) in [7, 11) is 1.60. The molecule has 0 aliphatic heterocycles. The predicted molar refractivity (Wildman–Crippen MR) is 124 cm³/mol. The Kier molecular flexibility index (Phi) is 7.65. The Morgan fingerprint density at radius 2 is 2.00 bits per heavy atom. The Hall–Kier alpha value is -3.72. The van der Waals surface area contributed by atoms with Gasteiger partial charge in [0.25, 0.3) is 0 Å². The van der Waals surface area contributed by atoms with E-state index in [0.717, 1.165) is 16.0 Å². The van der Waals surface area contributed by atoms with Gasteiger partial charge < -0.3 is 19.3 Å². The van der Waals surface area contributed by atoms with Crippen LogP contribution in [-0.2, 0) is 24.4 Å². The molecule has 0 spiro atoms. The number of hydrogen-bond acceptors (Lipinski definition) is 8. The van der Waals surface area contributed by atoms with Crippen molar-refractivity contribution in [1.82, 2.24) is 20.4 Å². The van der Waals surface area contributed by atoms with Crippen LogP contribution >= 0.6 is 11.3 Å². The summed E-state index contributed by atoms with van der Waals surface area (Å²) >= 11 is 1.56. The molecule has 0 saturated carbocycles. The first-order chi connectivity index (χ1) is 16.2. The standard InChI is InChI=1S/C24H24N4O4S/c1-30-20-14-18(7-8-19(20)31-16-17-9-11-25-12-10-17)15-26-22(29)5-2-6-23-27-24(28-32-23)21-4-3-13-33-21/h3-4,7-14H,2,5-6,15-16H2,1H3,(H,26,29). The monoisotopic (exact) mass is 464 g/mol. The van der Waals surface area contributed by atoms with Gasteiger partial charge in [-0.3, -0.25) is 9.78 Å². The smallest absolute Gasteiger partial charge is 0.226 e. The molecule has 170 valence electrons. The average Bonchev–Trinajstić information content (AvgIpc) is 3.54. The third-order valence-electron chi connectivity index (χ3n) is 4.87. The number of ether oxygens (including phenoxy) is 2. The molecule has 33 heavy (non-hydrogen) atoms. The number of amides is 1. The molecule has 1 N–H and O–H groups in total. The number of aryl methyl sites for hydroxylation is 1. The molecule has 1 aromatic carbocycles. The van der Waals surface area contributed by atoms with Crippen LogP contribution in [0.4, 0.5) is 0 Å². The van der Waals surface area contributed by atoms with E-state index < -0.39 is 0 Å². The van der Waals surface area contributed by atoms with E-state index in [-0.39, 0.29) is 5.91 Å². The van der Waals surface area contributed by atoms with Gasteiger partial charge in [-0.25, -0.2) is 0 Å². The zero-order chi connectivity index (χ0) is 22.9. The molecule has 0 aliphatic carbocycles. The first-order valence-electron chi connectivity index (χ1n) is 10.5. The van der Waals surface area contributed by atoms with Crippen LogP contribution in [0.3, 0.4) is 0 Å². The minimum atomic E-state index is -0.0371. The Morgan fingerprint density at radius 1 is 1.12 bits per heavy atom. The van der Waals surface area contributed by atoms with E-state index in [2.05, 4.69) is 20.4 Å². The number of carbonyl (C=O) groups is 1. The van der Waals surface area contributed by atoms with Crippen molar-refractivity contribution in [2.45, 2.75) is 32.4 Å². The average molecular weight is 465 g/mol. The molecule has 0 radical (unpaired) electrons. The fraction of sp³-hybridized carbons (Fsp3) is 0.250. The van der Waals surface area contributed by atoms with Crippen LogP contribution in [0.25, 0.3) is 10.7 Å². The zero-order valence-electron chi connectivity index (χ0n) is 18.2. The summed E-state index contributed by atoms with van der Waals surface area (Å²) in [6.45, 7) is 0.826. The Balaban J connectivity index is 1.21. The van der Waals surface area contributed by atoms with E-state index in [4.69, 9.17) is 14.0 Å². The first kappa shape index (κ1) is 22.5. The highest BCUT2D eigenvalue weighted by atomic mass is 32.1. The van der Waals surface area contributed by atoms with Gasteiger partial charge in [-0.1, -0.05) is 17.3 Å². The summed E-state index contributed by atoms with van der Waals surface area (Å²) in [5.74, 6) is 2.36. The second-order valence-electron chi connectivity index (χ2n) is 7.25. The maximum atomic E-state index is 12.2. The number of pyridine rings is 1. The molecule has 4 rings (SSSR count). The van der Waals surface area contributed by atoms with E-state index in [0.29, 0.717) is 55.6 Å². The lowest BCUT2D eigenvalue weighted by Crippen LogP contribution is -2.22. The lowest BCUT2D eigenvalue weighted by atomic mass is 10.2. The van der Waals surface area contributed by atoms with Crippen LogP contribution in [0.1, 0.15) is 29.9 Å². The first-order valence-corrected chi connectivity index (χ1v) is 11.4. The molecule has 0 fully saturated rings. The van der Waals surface area contributed by atoms with Gasteiger partial charge in [-0.15, -0.1) is 11.3 Å². The highest BCUT2D eigenvalue weighted by Crippen LogP contribution is 2.29. The van der Waals surface area contributed by atoms with Crippen molar-refractivity contribution in [3.8, 4) is 22.2 Å². The molecule has 0 unspecified atom stereocenters. The molecular weight excluding hydrogens is 440 g/mol. The number of benzene rings is 1. The third kappa shape index (κ3) is 6.39. The number of carbonyl (C=O) groups excluding carboxylic acids is 1. The van der Waals surface area contributed by atoms with Crippen molar-refractivity contribution in [3.05, 3.63) is 77.3 Å². The summed E-state index contributed by atoms with van der Waals surface area (Å²) in [6.07, 6.45) is 5.02. The van der Waals surface area contributed by atoms with E-state index >= 15 is 0 Å². The van der Waals surface area contributed by atoms with Crippen molar-refractivity contribution in [1.29, 1.82) is 0 Å². The zero-order valence-corrected chi connectivity index (χ0v) is 19.0. The highest BCUT2D eigenvalue weighted by Gasteiger charge is 2.11. The largest absolute Gasteiger partial charge is 0.493 e. The SMILES string of the molecule is COc1cc(CNC(=O)CCCc2nc(-c3cccs3)no2)ccc1OCc1ccncc1. The van der Waals surface area contributed by atoms with Gasteiger partial charge in [-0.2, -0.15) is 4.98 Å². The van der Waals surface area contributed by atoms with Crippen molar-refractivity contribution < 1.29 is 18.8 Å². The minimum absolute atomic E-state index is 0.0371. The minimum Gasteiger partial charge on any atom is -0.493 e. The van der Waals surface area contributed by atoms with Crippen molar-refractivity contribution in [2.75, 3.05) is 7.11 Å². The van der Waals surface area contributed by atoms with Crippen molar-refractivity contribution >= 4 is 17.2 Å². The van der Waals surface area contributed by atoms with Gasteiger partial charge in [0, 0.05) is 31.8 Å². The molecule has 0 aliphatic rings. The number of aromatic nitrogens is 3. The van der Waals surface area contributed by atoms with Crippen LogP contribution in [0, 0.1) is 0 Å². The number of methoxy groups -OCH3 is 1. The Bertz CT molecular complexity index is 1160. The highest BCUT2D eigenvalue weighted by molar-refractivity contribution is 7.13. The molecule has 0 atom stereocenters. The predicted octanol–water partition coefficient (Wildman–Crippen LogP) is 4.42. The van der Waals surface area contributed by atoms with E-state index in [1.807, 2.05) is 47.8 Å². The van der Waals surface area contributed by atoms with Crippen molar-refractivity contribution in [3.63, 3.8) is 0 Å². The molecule has 3 heterocycles. The lowest BCUT2D eigenvalue weighted by Gasteiger charge is -2.13. The Labute approximate surface area is 195 Å². The summed E-state index contributed by atoms with van der Waals surface area (Å²) in [4.78, 5) is 21.6. The van der Waals surface area contributed by atoms with Crippen LogP contribution in [0.15, 0.2) is 64.8 Å². The molecule has 9 heteroatoms. The van der Waals surface area contributed by atoms with Crippen LogP contribution < -0.4 is 14.8 Å². The molecule has 8 nitrogen and oxygen atoms in total. The van der Waals surface area contributed by atoms with Gasteiger partial charge in [0.05, 0.1) is 12.0 Å². The summed E-state index contributed by atoms with van der Waals surface area (Å²) in [5.41, 5.74) is 1.95. The number of nitrogens with one attached hydrogen (secondary N) is 1. The normalized spacial score (nSPS) is 10.7. The van der Waals surface area contributed by atoms with Crippen LogP contribution in [0.5, 0.6) is 11.5 Å². The lowest BCUT2D eigenvalue weighted by molar-refractivity contribution is -0.121. The fourth-order valence-electron chi connectivity index (χ4n) is 3.13. The molecule has 4 aromatic rings. The molecule has 0 saturated heterocycles. The molecule has 0 bridgehead atoms. The van der Waals surface area contributed by atoms with Gasteiger partial charge >= 0.3 is 0 Å². The Morgan fingerprint density at radius 3 is 2.79 bits per heavy atom. The molecule has 1 amide bonds. The number of thiophene rings is 1. The summed E-state index contributed by atoms with van der Waals surface area (Å²) in [5, 5.41) is 8.89. The third-order valence-corrected chi connectivity index (χ3v) is 5.73. The maximum absolute atomic E-state index is 12.2. The number of hydrogen-bond donors (Lipinski definition) is 1. The summed E-state index contributed by atoms with van der Waals surface area (Å²) < 4.78 is 16.6. The topological polar surface area (TPSA) is 99.4 Å². The van der Waals surface area contributed by atoms with Gasteiger partial charge in [-0.05, 0) is 53.3 Å².